The molecule has 0 saturated heterocycles. The number of benzene rings is 1. The molecule has 0 bridgehead atoms. The van der Waals surface area contributed by atoms with E-state index in [1.165, 1.54) is 20.0 Å². The number of hydrogen-bond donors (Lipinski definition) is 1. The molecule has 0 saturated carbocycles. The van der Waals surface area contributed by atoms with E-state index in [9.17, 15) is 31.6 Å². The van der Waals surface area contributed by atoms with Gasteiger partial charge in [0.1, 0.15) is 11.9 Å². The molecule has 32 heavy (non-hydrogen) atoms. The van der Waals surface area contributed by atoms with Gasteiger partial charge in [0, 0.05) is 10.6 Å². The number of aromatic nitrogens is 3. The van der Waals surface area contributed by atoms with Crippen molar-refractivity contribution in [2.75, 3.05) is 11.1 Å². The third-order valence-corrected chi connectivity index (χ3v) is 7.35. The summed E-state index contributed by atoms with van der Waals surface area (Å²) in [4.78, 5) is 12.2. The number of hydrogen-bond acceptors (Lipinski definition) is 6. The molecule has 0 spiro atoms. The number of nitrogens with zero attached hydrogens (tertiary/aromatic N) is 3. The SMILES string of the molecule is CCS(=O)(=O)c1cc(-c2ccc(Cl)cc2)c[n+]([O-])c1C(=O)Nc1sc(C(F)(F)F)n[n+]1C. The minimum atomic E-state index is -4.74. The molecule has 0 radical (unpaired) electrons. The maximum atomic E-state index is 12.9. The summed E-state index contributed by atoms with van der Waals surface area (Å²) in [6.45, 7) is 1.33. The Bertz CT molecular complexity index is 1290. The first kappa shape index (κ1) is 23.9. The minimum absolute atomic E-state index is 0.0769. The first-order chi connectivity index (χ1) is 14.8. The van der Waals surface area contributed by atoms with Crippen molar-refractivity contribution in [3.63, 3.8) is 0 Å². The Labute approximate surface area is 189 Å². The number of nitrogens with one attached hydrogen (secondary N) is 1. The van der Waals surface area contributed by atoms with Crippen LogP contribution in [0.5, 0.6) is 0 Å². The van der Waals surface area contributed by atoms with Crippen molar-refractivity contribution < 1.29 is 35.8 Å². The quantitative estimate of drug-likeness (QED) is 0.422. The van der Waals surface area contributed by atoms with Gasteiger partial charge in [-0.15, -0.1) is 4.68 Å². The van der Waals surface area contributed by atoms with Crippen molar-refractivity contribution in [3.05, 3.63) is 57.5 Å². The molecule has 0 unspecified atom stereocenters. The molecule has 0 aliphatic heterocycles. The minimum Gasteiger partial charge on any atom is -0.618 e. The molecule has 1 aromatic carbocycles. The standard InChI is InChI=1S/C18H14ClF3N4O4S2/c1-3-32(29,30)13-8-11(10-4-6-12(19)7-5-10)9-26(28)14(13)15(27)23-17-25(2)24-16(31-17)18(20,21)22/h4-9H,3H2,1-2H3/p+1. The number of amides is 1. The number of alkyl halides is 3. The molecule has 14 heteroatoms. The van der Waals surface area contributed by atoms with E-state index in [1.807, 2.05) is 0 Å². The fourth-order valence-corrected chi connectivity index (χ4v) is 4.69. The maximum absolute atomic E-state index is 12.9. The van der Waals surface area contributed by atoms with Crippen molar-refractivity contribution in [2.45, 2.75) is 18.0 Å². The highest BCUT2D eigenvalue weighted by molar-refractivity contribution is 7.91. The zero-order valence-electron chi connectivity index (χ0n) is 16.5. The van der Waals surface area contributed by atoms with Crippen molar-refractivity contribution >= 4 is 43.8 Å². The van der Waals surface area contributed by atoms with Crippen LogP contribution in [0.4, 0.5) is 18.3 Å². The number of halogens is 4. The van der Waals surface area contributed by atoms with E-state index in [0.29, 0.717) is 10.6 Å². The lowest BCUT2D eigenvalue weighted by Crippen LogP contribution is -2.41. The first-order valence-electron chi connectivity index (χ1n) is 8.85. The van der Waals surface area contributed by atoms with Gasteiger partial charge in [-0.05, 0) is 35.1 Å². The lowest BCUT2D eigenvalue weighted by atomic mass is 10.1. The predicted octanol–water partition coefficient (Wildman–Crippen LogP) is 2.99. The third kappa shape index (κ3) is 4.84. The van der Waals surface area contributed by atoms with Gasteiger partial charge in [-0.25, -0.2) is 13.2 Å². The summed E-state index contributed by atoms with van der Waals surface area (Å²) < 4.78 is 64.8. The summed E-state index contributed by atoms with van der Waals surface area (Å²) in [7, 11) is -2.90. The lowest BCUT2D eigenvalue weighted by Gasteiger charge is -2.10. The number of rotatable bonds is 5. The Morgan fingerprint density at radius 1 is 1.25 bits per heavy atom. The van der Waals surface area contributed by atoms with Crippen LogP contribution in [0.2, 0.25) is 5.02 Å². The zero-order valence-corrected chi connectivity index (χ0v) is 18.9. The van der Waals surface area contributed by atoms with Crippen LogP contribution in [0.15, 0.2) is 41.4 Å². The topological polar surface area (TPSA) is 107 Å². The van der Waals surface area contributed by atoms with Crippen molar-refractivity contribution in [3.8, 4) is 11.1 Å². The van der Waals surface area contributed by atoms with Crippen LogP contribution in [-0.2, 0) is 23.1 Å². The van der Waals surface area contributed by atoms with Gasteiger partial charge < -0.3 is 5.21 Å². The van der Waals surface area contributed by atoms with Gasteiger partial charge in [0.15, 0.2) is 16.0 Å². The zero-order chi connectivity index (χ0) is 23.8. The highest BCUT2D eigenvalue weighted by Crippen LogP contribution is 2.32. The molecular formula is C18H15ClF3N4O4S2+. The third-order valence-electron chi connectivity index (χ3n) is 4.30. The van der Waals surface area contributed by atoms with Gasteiger partial charge in [0.25, 0.3) is 0 Å². The summed E-state index contributed by atoms with van der Waals surface area (Å²) >= 11 is 5.99. The molecule has 0 aliphatic carbocycles. The Morgan fingerprint density at radius 2 is 1.88 bits per heavy atom. The number of anilines is 1. The molecule has 3 aromatic rings. The van der Waals surface area contributed by atoms with E-state index in [2.05, 4.69) is 10.4 Å². The van der Waals surface area contributed by atoms with E-state index in [-0.39, 0.29) is 26.8 Å². The number of carbonyl (C=O) groups excluding carboxylic acids is 1. The normalized spacial score (nSPS) is 12.1. The maximum Gasteiger partial charge on any atom is 0.447 e. The summed E-state index contributed by atoms with van der Waals surface area (Å²) in [5.74, 6) is -1.60. The molecule has 8 nitrogen and oxygen atoms in total. The molecule has 0 fully saturated rings. The second-order valence-corrected chi connectivity index (χ2v) is 10.1. The van der Waals surface area contributed by atoms with Crippen molar-refractivity contribution in [1.29, 1.82) is 0 Å². The van der Waals surface area contributed by atoms with Gasteiger partial charge in [0.05, 0.1) is 5.75 Å². The highest BCUT2D eigenvalue weighted by Gasteiger charge is 2.40. The Kier molecular flexibility index (Phi) is 6.45. The van der Waals surface area contributed by atoms with E-state index in [4.69, 9.17) is 11.6 Å². The first-order valence-corrected chi connectivity index (χ1v) is 11.7. The van der Waals surface area contributed by atoms with Gasteiger partial charge in [0.2, 0.25) is 5.01 Å². The van der Waals surface area contributed by atoms with Gasteiger partial charge in [-0.2, -0.15) is 23.2 Å². The van der Waals surface area contributed by atoms with Crippen LogP contribution in [-0.4, -0.2) is 25.2 Å². The highest BCUT2D eigenvalue weighted by atomic mass is 35.5. The number of aryl methyl sites for hydroxylation is 1. The Balaban J connectivity index is 2.10. The number of carbonyl (C=O) groups is 1. The number of sulfone groups is 1. The van der Waals surface area contributed by atoms with Crippen LogP contribution in [0.25, 0.3) is 11.1 Å². The molecule has 3 rings (SSSR count). The van der Waals surface area contributed by atoms with Crippen LogP contribution in [0.1, 0.15) is 22.4 Å². The summed E-state index contributed by atoms with van der Waals surface area (Å²) in [6, 6.07) is 7.38. The van der Waals surface area contributed by atoms with Gasteiger partial charge >= 0.3 is 22.9 Å². The van der Waals surface area contributed by atoms with Crippen LogP contribution >= 0.6 is 22.9 Å². The monoisotopic (exact) mass is 507 g/mol. The average molecular weight is 508 g/mol. The fraction of sp³-hybridized carbons (Fsp3) is 0.222. The van der Waals surface area contributed by atoms with Crippen LogP contribution in [0, 0.1) is 5.21 Å². The average Bonchev–Trinajstić information content (AvgIpc) is 3.08. The smallest absolute Gasteiger partial charge is 0.447 e. The predicted molar refractivity (Wildman–Crippen MR) is 110 cm³/mol. The van der Waals surface area contributed by atoms with Gasteiger partial charge in [-0.3, -0.25) is 0 Å². The Hall–Kier alpha value is -2.77. The molecule has 2 heterocycles. The molecule has 0 atom stereocenters. The van der Waals surface area contributed by atoms with Crippen molar-refractivity contribution in [2.24, 2.45) is 7.05 Å². The van der Waals surface area contributed by atoms with Gasteiger partial charge in [-0.1, -0.05) is 35.8 Å². The summed E-state index contributed by atoms with van der Waals surface area (Å²) in [6.07, 6.45) is -3.73. The fourth-order valence-electron chi connectivity index (χ4n) is 2.69. The molecule has 1 amide bonds. The van der Waals surface area contributed by atoms with Crippen LogP contribution in [0.3, 0.4) is 0 Å². The Morgan fingerprint density at radius 3 is 2.41 bits per heavy atom. The molecule has 170 valence electrons. The van der Waals surface area contributed by atoms with Crippen molar-refractivity contribution in [1.82, 2.24) is 5.10 Å². The molecule has 0 aliphatic rings. The van der Waals surface area contributed by atoms with E-state index < -0.39 is 43.3 Å². The second kappa shape index (κ2) is 8.64. The van der Waals surface area contributed by atoms with Crippen LogP contribution < -0.4 is 14.7 Å². The molecule has 1 N–H and O–H groups in total. The lowest BCUT2D eigenvalue weighted by molar-refractivity contribution is -0.713. The summed E-state index contributed by atoms with van der Waals surface area (Å²) in [5.41, 5.74) is -0.0864. The van der Waals surface area contributed by atoms with E-state index >= 15 is 0 Å². The van der Waals surface area contributed by atoms with E-state index in [1.54, 1.807) is 24.3 Å². The summed E-state index contributed by atoms with van der Waals surface area (Å²) in [5, 5.41) is 17.0. The molecule has 2 aromatic heterocycles. The second-order valence-electron chi connectivity index (χ2n) is 6.47. The number of pyridine rings is 1. The largest absolute Gasteiger partial charge is 0.618 e. The van der Waals surface area contributed by atoms with E-state index in [0.717, 1.165) is 10.9 Å². The molecular weight excluding hydrogens is 493 g/mol.